The highest BCUT2D eigenvalue weighted by atomic mass is 19.1. The Bertz CT molecular complexity index is 416. The summed E-state index contributed by atoms with van der Waals surface area (Å²) in [5.41, 5.74) is -0.725. The van der Waals surface area contributed by atoms with Gasteiger partial charge < -0.3 is 10.6 Å². The first-order valence-electron chi connectivity index (χ1n) is 5.24. The number of anilines is 1. The van der Waals surface area contributed by atoms with Gasteiger partial charge in [-0.05, 0) is 32.9 Å². The zero-order valence-corrected chi connectivity index (χ0v) is 10.3. The van der Waals surface area contributed by atoms with Crippen LogP contribution in [0.4, 0.5) is 14.5 Å². The molecule has 0 aliphatic heterocycles. The zero-order chi connectivity index (χ0) is 13.2. The van der Waals surface area contributed by atoms with Gasteiger partial charge in [0.05, 0.1) is 0 Å². The fraction of sp³-hybridized carbons (Fsp3) is 0.417. The number of hydrogen-bond acceptors (Lipinski definition) is 2. The van der Waals surface area contributed by atoms with Crippen molar-refractivity contribution in [3.8, 4) is 0 Å². The van der Waals surface area contributed by atoms with Crippen molar-refractivity contribution in [2.24, 2.45) is 0 Å². The molecule has 0 unspecified atom stereocenters. The highest BCUT2D eigenvalue weighted by Gasteiger charge is 2.18. The van der Waals surface area contributed by atoms with Crippen molar-refractivity contribution in [2.75, 3.05) is 12.4 Å². The minimum absolute atomic E-state index is 0.0334. The van der Waals surface area contributed by atoms with Gasteiger partial charge in [-0.15, -0.1) is 0 Å². The number of hydrogen-bond donors (Lipinski definition) is 2. The standard InChI is InChI=1S/C12H16F2N2O/c1-12(2,3)16-11(17)7-5-8(13)10(15-4)9(14)6-7/h5-6,15H,1-4H3,(H,16,17). The van der Waals surface area contributed by atoms with E-state index in [-0.39, 0.29) is 11.3 Å². The fourth-order valence-electron chi connectivity index (χ4n) is 1.36. The van der Waals surface area contributed by atoms with Crippen molar-refractivity contribution in [1.82, 2.24) is 5.32 Å². The Morgan fingerprint density at radius 3 is 2.00 bits per heavy atom. The van der Waals surface area contributed by atoms with Crippen LogP contribution in [0.5, 0.6) is 0 Å². The van der Waals surface area contributed by atoms with Crippen molar-refractivity contribution in [3.63, 3.8) is 0 Å². The lowest BCUT2D eigenvalue weighted by Crippen LogP contribution is -2.40. The summed E-state index contributed by atoms with van der Waals surface area (Å²) in [6.07, 6.45) is 0. The third-order valence-electron chi connectivity index (χ3n) is 2.04. The summed E-state index contributed by atoms with van der Waals surface area (Å²) in [7, 11) is 1.41. The van der Waals surface area contributed by atoms with E-state index in [2.05, 4.69) is 10.6 Å². The summed E-state index contributed by atoms with van der Waals surface area (Å²) >= 11 is 0. The van der Waals surface area contributed by atoms with E-state index in [9.17, 15) is 13.6 Å². The van der Waals surface area contributed by atoms with Crippen molar-refractivity contribution < 1.29 is 13.6 Å². The lowest BCUT2D eigenvalue weighted by Gasteiger charge is -2.20. The lowest BCUT2D eigenvalue weighted by atomic mass is 10.1. The molecule has 1 aromatic carbocycles. The topological polar surface area (TPSA) is 41.1 Å². The zero-order valence-electron chi connectivity index (χ0n) is 10.3. The number of amides is 1. The number of carbonyl (C=O) groups excluding carboxylic acids is 1. The van der Waals surface area contributed by atoms with Crippen molar-refractivity contribution >= 4 is 11.6 Å². The lowest BCUT2D eigenvalue weighted by molar-refractivity contribution is 0.0918. The van der Waals surface area contributed by atoms with E-state index >= 15 is 0 Å². The molecule has 0 saturated heterocycles. The molecular formula is C12H16F2N2O. The molecule has 0 fully saturated rings. The second kappa shape index (κ2) is 4.69. The molecule has 1 aromatic rings. The van der Waals surface area contributed by atoms with E-state index in [0.29, 0.717) is 0 Å². The van der Waals surface area contributed by atoms with Crippen LogP contribution >= 0.6 is 0 Å². The summed E-state index contributed by atoms with van der Waals surface area (Å²) in [4.78, 5) is 11.7. The van der Waals surface area contributed by atoms with Gasteiger partial charge in [0.1, 0.15) is 17.3 Å². The molecule has 2 N–H and O–H groups in total. The van der Waals surface area contributed by atoms with E-state index in [4.69, 9.17) is 0 Å². The molecular weight excluding hydrogens is 226 g/mol. The smallest absolute Gasteiger partial charge is 0.251 e. The van der Waals surface area contributed by atoms with Gasteiger partial charge in [0.25, 0.3) is 5.91 Å². The molecule has 3 nitrogen and oxygen atoms in total. The normalized spacial score (nSPS) is 11.2. The highest BCUT2D eigenvalue weighted by molar-refractivity contribution is 5.95. The van der Waals surface area contributed by atoms with E-state index in [0.717, 1.165) is 12.1 Å². The predicted molar refractivity (Wildman–Crippen MR) is 63.1 cm³/mol. The number of nitrogens with one attached hydrogen (secondary N) is 2. The summed E-state index contributed by atoms with van der Waals surface area (Å²) in [6.45, 7) is 5.37. The number of rotatable bonds is 2. The van der Waals surface area contributed by atoms with Crippen LogP contribution in [-0.4, -0.2) is 18.5 Å². The van der Waals surface area contributed by atoms with Crippen molar-refractivity contribution in [1.29, 1.82) is 0 Å². The van der Waals surface area contributed by atoms with Crippen LogP contribution in [0.3, 0.4) is 0 Å². The van der Waals surface area contributed by atoms with Crippen LogP contribution in [0.1, 0.15) is 31.1 Å². The Hall–Kier alpha value is -1.65. The van der Waals surface area contributed by atoms with Gasteiger partial charge in [-0.1, -0.05) is 0 Å². The monoisotopic (exact) mass is 242 g/mol. The second-order valence-electron chi connectivity index (χ2n) is 4.77. The molecule has 0 aromatic heterocycles. The third kappa shape index (κ3) is 3.41. The van der Waals surface area contributed by atoms with Gasteiger partial charge >= 0.3 is 0 Å². The Morgan fingerprint density at radius 2 is 1.65 bits per heavy atom. The molecule has 0 saturated carbocycles. The van der Waals surface area contributed by atoms with E-state index in [1.54, 1.807) is 20.8 Å². The highest BCUT2D eigenvalue weighted by Crippen LogP contribution is 2.20. The number of halogens is 2. The van der Waals surface area contributed by atoms with Crippen LogP contribution in [0.15, 0.2) is 12.1 Å². The van der Waals surface area contributed by atoms with Crippen molar-refractivity contribution in [2.45, 2.75) is 26.3 Å². The van der Waals surface area contributed by atoms with Crippen molar-refractivity contribution in [3.05, 3.63) is 29.3 Å². The maximum absolute atomic E-state index is 13.4. The summed E-state index contributed by atoms with van der Waals surface area (Å²) < 4.78 is 26.8. The third-order valence-corrected chi connectivity index (χ3v) is 2.04. The average Bonchev–Trinajstić information content (AvgIpc) is 2.14. The molecule has 17 heavy (non-hydrogen) atoms. The minimum Gasteiger partial charge on any atom is -0.383 e. The van der Waals surface area contributed by atoms with Crippen LogP contribution in [0.25, 0.3) is 0 Å². The van der Waals surface area contributed by atoms with E-state index in [1.165, 1.54) is 7.05 Å². The molecule has 1 amide bonds. The summed E-state index contributed by atoms with van der Waals surface area (Å²) in [5.74, 6) is -2.07. The molecule has 0 radical (unpaired) electrons. The quantitative estimate of drug-likeness (QED) is 0.836. The summed E-state index contributed by atoms with van der Waals surface area (Å²) in [5, 5.41) is 5.03. The van der Waals surface area contributed by atoms with E-state index in [1.807, 2.05) is 0 Å². The SMILES string of the molecule is CNc1c(F)cc(C(=O)NC(C)(C)C)cc1F. The molecule has 5 heteroatoms. The maximum Gasteiger partial charge on any atom is 0.251 e. The molecule has 0 atom stereocenters. The molecule has 0 aliphatic rings. The minimum atomic E-state index is -0.786. The number of benzene rings is 1. The molecule has 0 bridgehead atoms. The van der Waals surface area contributed by atoms with Crippen LogP contribution in [0, 0.1) is 11.6 Å². The van der Waals surface area contributed by atoms with Crippen LogP contribution in [0.2, 0.25) is 0 Å². The Labute approximate surface area is 99.2 Å². The van der Waals surface area contributed by atoms with Crippen LogP contribution in [-0.2, 0) is 0 Å². The Balaban J connectivity index is 3.05. The first kappa shape index (κ1) is 13.4. The summed E-state index contributed by atoms with van der Waals surface area (Å²) in [6, 6.07) is 2.02. The second-order valence-corrected chi connectivity index (χ2v) is 4.77. The molecule has 0 heterocycles. The Morgan fingerprint density at radius 1 is 1.18 bits per heavy atom. The largest absolute Gasteiger partial charge is 0.383 e. The molecule has 0 spiro atoms. The van der Waals surface area contributed by atoms with Gasteiger partial charge in [0, 0.05) is 18.2 Å². The van der Waals surface area contributed by atoms with Gasteiger partial charge in [0.15, 0.2) is 0 Å². The Kier molecular flexibility index (Phi) is 3.70. The molecule has 1 rings (SSSR count). The van der Waals surface area contributed by atoms with Gasteiger partial charge in [-0.3, -0.25) is 4.79 Å². The maximum atomic E-state index is 13.4. The van der Waals surface area contributed by atoms with E-state index < -0.39 is 23.1 Å². The fourth-order valence-corrected chi connectivity index (χ4v) is 1.36. The number of carbonyl (C=O) groups is 1. The first-order valence-corrected chi connectivity index (χ1v) is 5.24. The molecule has 0 aliphatic carbocycles. The van der Waals surface area contributed by atoms with Gasteiger partial charge in [-0.2, -0.15) is 0 Å². The van der Waals surface area contributed by atoms with Gasteiger partial charge in [-0.25, -0.2) is 8.78 Å². The van der Waals surface area contributed by atoms with Crippen LogP contribution < -0.4 is 10.6 Å². The first-order chi connectivity index (χ1) is 7.74. The van der Waals surface area contributed by atoms with Gasteiger partial charge in [0.2, 0.25) is 0 Å². The molecule has 94 valence electrons. The average molecular weight is 242 g/mol. The predicted octanol–water partition coefficient (Wildman–Crippen LogP) is 2.53.